The van der Waals surface area contributed by atoms with Crippen LogP contribution in [0.4, 0.5) is 0 Å². The highest BCUT2D eigenvalue weighted by Gasteiger charge is 2.29. The maximum absolute atomic E-state index is 11.5. The Morgan fingerprint density at radius 2 is 1.95 bits per heavy atom. The van der Waals surface area contributed by atoms with Gasteiger partial charge in [-0.2, -0.15) is 0 Å². The molecule has 0 aliphatic carbocycles. The molecule has 1 fully saturated rings. The Morgan fingerprint density at radius 3 is 2.65 bits per heavy atom. The molecule has 1 aliphatic rings. The van der Waals surface area contributed by atoms with Crippen LogP contribution in [0.3, 0.4) is 0 Å². The van der Waals surface area contributed by atoms with Crippen molar-refractivity contribution < 1.29 is 23.7 Å². The third kappa shape index (κ3) is 7.79. The van der Waals surface area contributed by atoms with Gasteiger partial charge >= 0.3 is 0 Å². The summed E-state index contributed by atoms with van der Waals surface area (Å²) in [5.74, 6) is -0.388. The first-order valence-corrected chi connectivity index (χ1v) is 7.27. The van der Waals surface area contributed by atoms with E-state index in [1.165, 1.54) is 0 Å². The summed E-state index contributed by atoms with van der Waals surface area (Å²) in [5, 5.41) is 2.88. The van der Waals surface area contributed by atoms with Gasteiger partial charge in [-0.15, -0.1) is 0 Å². The van der Waals surface area contributed by atoms with Crippen LogP contribution in [-0.2, 0) is 23.7 Å². The van der Waals surface area contributed by atoms with Crippen molar-refractivity contribution in [2.45, 2.75) is 38.4 Å². The first kappa shape index (κ1) is 17.4. The molecular weight excluding hydrogens is 262 g/mol. The van der Waals surface area contributed by atoms with E-state index in [-0.39, 0.29) is 5.91 Å². The smallest absolute Gasteiger partial charge is 0.222 e. The van der Waals surface area contributed by atoms with Crippen LogP contribution in [0.1, 0.15) is 32.6 Å². The number of unbranched alkanes of at least 4 members (excludes halogenated alkanes) is 1. The minimum Gasteiger partial charge on any atom is -0.382 e. The molecule has 0 radical (unpaired) electrons. The molecule has 0 spiro atoms. The van der Waals surface area contributed by atoms with E-state index in [4.69, 9.17) is 18.9 Å². The van der Waals surface area contributed by atoms with Crippen molar-refractivity contribution in [3.05, 3.63) is 0 Å². The van der Waals surface area contributed by atoms with Gasteiger partial charge in [-0.05, 0) is 19.8 Å². The van der Waals surface area contributed by atoms with E-state index in [1.807, 2.05) is 6.92 Å². The van der Waals surface area contributed by atoms with Crippen LogP contribution in [0.25, 0.3) is 0 Å². The molecule has 118 valence electrons. The van der Waals surface area contributed by atoms with Gasteiger partial charge in [0.15, 0.2) is 5.79 Å². The zero-order valence-corrected chi connectivity index (χ0v) is 12.6. The number of rotatable bonds is 11. The minimum absolute atomic E-state index is 0.0296. The van der Waals surface area contributed by atoms with E-state index in [2.05, 4.69) is 5.32 Å². The van der Waals surface area contributed by atoms with Crippen molar-refractivity contribution in [3.8, 4) is 0 Å². The second-order valence-corrected chi connectivity index (χ2v) is 4.99. The van der Waals surface area contributed by atoms with Gasteiger partial charge in [0.05, 0.1) is 33.0 Å². The van der Waals surface area contributed by atoms with Gasteiger partial charge in [-0.3, -0.25) is 4.79 Å². The highest BCUT2D eigenvalue weighted by molar-refractivity contribution is 5.75. The molecule has 0 saturated carbocycles. The van der Waals surface area contributed by atoms with Gasteiger partial charge in [0, 0.05) is 26.5 Å². The Kier molecular flexibility index (Phi) is 8.77. The summed E-state index contributed by atoms with van der Waals surface area (Å²) in [6.07, 6.45) is 3.16. The van der Waals surface area contributed by atoms with Crippen LogP contribution in [0.5, 0.6) is 0 Å². The van der Waals surface area contributed by atoms with E-state index < -0.39 is 5.79 Å². The van der Waals surface area contributed by atoms with Crippen LogP contribution in [0.2, 0.25) is 0 Å². The second kappa shape index (κ2) is 10.1. The highest BCUT2D eigenvalue weighted by atomic mass is 16.7. The number of hydrogen-bond donors (Lipinski definition) is 1. The van der Waals surface area contributed by atoms with Gasteiger partial charge in [0.25, 0.3) is 0 Å². The number of methoxy groups -OCH3 is 1. The van der Waals surface area contributed by atoms with Crippen LogP contribution < -0.4 is 5.32 Å². The molecule has 1 heterocycles. The average molecular weight is 289 g/mol. The molecule has 0 bridgehead atoms. The number of carbonyl (C=O) groups excluding carboxylic acids is 1. The van der Waals surface area contributed by atoms with Gasteiger partial charge in [0.1, 0.15) is 0 Å². The molecule has 0 unspecified atom stereocenters. The predicted molar refractivity (Wildman–Crippen MR) is 74.5 cm³/mol. The van der Waals surface area contributed by atoms with Crippen molar-refractivity contribution >= 4 is 5.91 Å². The number of nitrogens with one attached hydrogen (secondary N) is 1. The SMILES string of the molecule is COCCOCCC(=O)NCCCCC1(C)OCCO1. The normalized spacial score (nSPS) is 17.3. The lowest BCUT2D eigenvalue weighted by Gasteiger charge is -2.21. The number of amides is 1. The fourth-order valence-electron chi connectivity index (χ4n) is 2.00. The molecule has 1 amide bonds. The van der Waals surface area contributed by atoms with Crippen LogP contribution in [-0.4, -0.2) is 58.4 Å². The molecule has 1 N–H and O–H groups in total. The molecule has 1 saturated heterocycles. The summed E-state index contributed by atoms with van der Waals surface area (Å²) in [5.41, 5.74) is 0. The Hall–Kier alpha value is -0.690. The number of hydrogen-bond acceptors (Lipinski definition) is 5. The Morgan fingerprint density at radius 1 is 1.20 bits per heavy atom. The summed E-state index contributed by atoms with van der Waals surface area (Å²) in [4.78, 5) is 11.5. The van der Waals surface area contributed by atoms with Crippen molar-refractivity contribution in [3.63, 3.8) is 0 Å². The average Bonchev–Trinajstić information content (AvgIpc) is 2.85. The van der Waals surface area contributed by atoms with E-state index in [0.717, 1.165) is 19.3 Å². The summed E-state index contributed by atoms with van der Waals surface area (Å²) in [6.45, 7) is 5.54. The van der Waals surface area contributed by atoms with Crippen LogP contribution >= 0.6 is 0 Å². The lowest BCUT2D eigenvalue weighted by atomic mass is 10.1. The molecule has 0 aromatic carbocycles. The zero-order chi connectivity index (χ0) is 14.7. The van der Waals surface area contributed by atoms with Gasteiger partial charge < -0.3 is 24.3 Å². The molecular formula is C14H27NO5. The lowest BCUT2D eigenvalue weighted by molar-refractivity contribution is -0.147. The van der Waals surface area contributed by atoms with E-state index in [9.17, 15) is 4.79 Å². The van der Waals surface area contributed by atoms with E-state index >= 15 is 0 Å². The van der Waals surface area contributed by atoms with Gasteiger partial charge in [-0.25, -0.2) is 0 Å². The number of carbonyl (C=O) groups is 1. The quantitative estimate of drug-likeness (QED) is 0.577. The summed E-state index contributed by atoms with van der Waals surface area (Å²) in [7, 11) is 1.62. The first-order chi connectivity index (χ1) is 9.66. The Balaban J connectivity index is 1.89. The second-order valence-electron chi connectivity index (χ2n) is 4.99. The monoisotopic (exact) mass is 289 g/mol. The van der Waals surface area contributed by atoms with Crippen molar-refractivity contribution in [1.82, 2.24) is 5.32 Å². The summed E-state index contributed by atoms with van der Waals surface area (Å²) in [6, 6.07) is 0. The molecule has 1 rings (SSSR count). The largest absolute Gasteiger partial charge is 0.382 e. The standard InChI is InChI=1S/C14H27NO5/c1-14(19-11-12-20-14)6-3-4-7-15-13(16)5-8-18-10-9-17-2/h3-12H2,1-2H3,(H,15,16). The maximum Gasteiger partial charge on any atom is 0.222 e. The molecule has 0 aromatic rings. The van der Waals surface area contributed by atoms with E-state index in [0.29, 0.717) is 46.0 Å². The lowest BCUT2D eigenvalue weighted by Crippen LogP contribution is -2.27. The topological polar surface area (TPSA) is 66.0 Å². The fraction of sp³-hybridized carbons (Fsp3) is 0.929. The maximum atomic E-state index is 11.5. The Labute approximate surface area is 121 Å². The summed E-state index contributed by atoms with van der Waals surface area (Å²) < 4.78 is 21.1. The molecule has 6 heteroatoms. The van der Waals surface area contributed by atoms with Crippen molar-refractivity contribution in [2.24, 2.45) is 0 Å². The highest BCUT2D eigenvalue weighted by Crippen LogP contribution is 2.24. The zero-order valence-electron chi connectivity index (χ0n) is 12.6. The third-order valence-electron chi connectivity index (χ3n) is 3.18. The molecule has 20 heavy (non-hydrogen) atoms. The fourth-order valence-corrected chi connectivity index (χ4v) is 2.00. The van der Waals surface area contributed by atoms with Gasteiger partial charge in [0.2, 0.25) is 5.91 Å². The molecule has 0 atom stereocenters. The van der Waals surface area contributed by atoms with Crippen molar-refractivity contribution in [1.29, 1.82) is 0 Å². The first-order valence-electron chi connectivity index (χ1n) is 7.27. The molecule has 1 aliphatic heterocycles. The molecule has 6 nitrogen and oxygen atoms in total. The summed E-state index contributed by atoms with van der Waals surface area (Å²) >= 11 is 0. The predicted octanol–water partition coefficient (Wildman–Crippen LogP) is 1.09. The van der Waals surface area contributed by atoms with Crippen LogP contribution in [0, 0.1) is 0 Å². The van der Waals surface area contributed by atoms with Crippen LogP contribution in [0.15, 0.2) is 0 Å². The Bertz CT molecular complexity index is 266. The molecule has 0 aromatic heterocycles. The number of ether oxygens (including phenoxy) is 4. The van der Waals surface area contributed by atoms with E-state index in [1.54, 1.807) is 7.11 Å². The van der Waals surface area contributed by atoms with Crippen molar-refractivity contribution in [2.75, 3.05) is 46.7 Å². The third-order valence-corrected chi connectivity index (χ3v) is 3.18. The van der Waals surface area contributed by atoms with Gasteiger partial charge in [-0.1, -0.05) is 0 Å². The minimum atomic E-state index is -0.417.